The highest BCUT2D eigenvalue weighted by molar-refractivity contribution is 7.14. The van der Waals surface area contributed by atoms with Crippen LogP contribution >= 0.6 is 11.3 Å². The van der Waals surface area contributed by atoms with Gasteiger partial charge in [0.15, 0.2) is 5.13 Å². The highest BCUT2D eigenvalue weighted by Gasteiger charge is 2.32. The van der Waals surface area contributed by atoms with Crippen molar-refractivity contribution < 1.29 is 9.53 Å². The summed E-state index contributed by atoms with van der Waals surface area (Å²) in [5.41, 5.74) is 4.29. The largest absolute Gasteiger partial charge is 0.497 e. The molecule has 0 aliphatic heterocycles. The second-order valence-corrected chi connectivity index (χ2v) is 8.76. The van der Waals surface area contributed by atoms with Crippen LogP contribution in [0.25, 0.3) is 0 Å². The van der Waals surface area contributed by atoms with Crippen LogP contribution in [-0.2, 0) is 17.8 Å². The molecule has 1 saturated carbocycles. The zero-order valence-corrected chi connectivity index (χ0v) is 19.1. The Morgan fingerprint density at radius 3 is 2.61 bits per heavy atom. The smallest absolute Gasteiger partial charge is 0.230 e. The standard InChI is InChI=1S/C25H29N3O2S/c1-4-18-7-5-6-8-23(18)28(17(2)29)25-27-21(16-31-25)15-26-24(19-9-10-19)20-11-13-22(30-3)14-12-20/h5-8,11-14,16,19,24,26H,4,9-10,15H2,1-3H3. The third-order valence-corrected chi connectivity index (χ3v) is 6.61. The van der Waals surface area contributed by atoms with E-state index in [4.69, 9.17) is 9.72 Å². The molecule has 162 valence electrons. The molecule has 0 radical (unpaired) electrons. The summed E-state index contributed by atoms with van der Waals surface area (Å²) in [6, 6.07) is 16.7. The number of nitrogens with one attached hydrogen (secondary N) is 1. The van der Waals surface area contributed by atoms with Crippen LogP contribution in [0, 0.1) is 5.92 Å². The molecule has 0 saturated heterocycles. The number of benzene rings is 2. The topological polar surface area (TPSA) is 54.5 Å². The van der Waals surface area contributed by atoms with Gasteiger partial charge in [0.1, 0.15) is 5.75 Å². The number of para-hydroxylation sites is 1. The minimum Gasteiger partial charge on any atom is -0.497 e. The highest BCUT2D eigenvalue weighted by atomic mass is 32.1. The summed E-state index contributed by atoms with van der Waals surface area (Å²) in [6.45, 7) is 4.37. The first-order valence-electron chi connectivity index (χ1n) is 10.8. The molecule has 1 unspecified atom stereocenters. The quantitative estimate of drug-likeness (QED) is 0.473. The van der Waals surface area contributed by atoms with Crippen molar-refractivity contribution in [1.29, 1.82) is 0 Å². The van der Waals surface area contributed by atoms with Crippen LogP contribution in [-0.4, -0.2) is 18.0 Å². The number of ether oxygens (including phenoxy) is 1. The molecule has 1 aliphatic carbocycles. The number of rotatable bonds is 9. The lowest BCUT2D eigenvalue weighted by Crippen LogP contribution is -2.24. The molecule has 6 heteroatoms. The normalized spacial score (nSPS) is 14.3. The molecule has 0 spiro atoms. The summed E-state index contributed by atoms with van der Waals surface area (Å²) in [5, 5.41) is 6.46. The van der Waals surface area contributed by atoms with Crippen molar-refractivity contribution in [2.75, 3.05) is 12.0 Å². The van der Waals surface area contributed by atoms with Crippen molar-refractivity contribution in [3.63, 3.8) is 0 Å². The first-order valence-corrected chi connectivity index (χ1v) is 11.7. The van der Waals surface area contributed by atoms with Gasteiger partial charge in [-0.05, 0) is 54.5 Å². The van der Waals surface area contributed by atoms with E-state index in [1.807, 2.05) is 35.7 Å². The van der Waals surface area contributed by atoms with Crippen LogP contribution < -0.4 is 15.0 Å². The van der Waals surface area contributed by atoms with Crippen LogP contribution in [0.4, 0.5) is 10.8 Å². The van der Waals surface area contributed by atoms with Gasteiger partial charge in [0, 0.05) is 24.9 Å². The fraction of sp³-hybridized carbons (Fsp3) is 0.360. The number of hydrogen-bond donors (Lipinski definition) is 1. The van der Waals surface area contributed by atoms with Gasteiger partial charge in [-0.3, -0.25) is 9.69 Å². The highest BCUT2D eigenvalue weighted by Crippen LogP contribution is 2.41. The Labute approximate surface area is 188 Å². The average molecular weight is 436 g/mol. The number of carbonyl (C=O) groups excluding carboxylic acids is 1. The molecule has 4 rings (SSSR count). The lowest BCUT2D eigenvalue weighted by atomic mass is 10.0. The van der Waals surface area contributed by atoms with Crippen molar-refractivity contribution in [3.8, 4) is 5.75 Å². The summed E-state index contributed by atoms with van der Waals surface area (Å²) < 4.78 is 5.29. The maximum absolute atomic E-state index is 12.5. The van der Waals surface area contributed by atoms with Gasteiger partial charge in [-0.25, -0.2) is 4.98 Å². The second kappa shape index (κ2) is 9.62. The Morgan fingerprint density at radius 2 is 1.97 bits per heavy atom. The number of anilines is 2. The minimum absolute atomic E-state index is 0.0242. The molecule has 1 aliphatic rings. The first kappa shape index (κ1) is 21.5. The molecule has 1 heterocycles. The molecule has 5 nitrogen and oxygen atoms in total. The van der Waals surface area contributed by atoms with E-state index < -0.39 is 0 Å². The maximum Gasteiger partial charge on any atom is 0.230 e. The average Bonchev–Trinajstić information content (AvgIpc) is 3.53. The number of thiazole rings is 1. The van der Waals surface area contributed by atoms with Crippen LogP contribution in [0.15, 0.2) is 53.9 Å². The molecule has 3 aromatic rings. The lowest BCUT2D eigenvalue weighted by molar-refractivity contribution is -0.115. The van der Waals surface area contributed by atoms with Crippen LogP contribution in [0.2, 0.25) is 0 Å². The SMILES string of the molecule is CCc1ccccc1N(C(C)=O)c1nc(CNC(c2ccc(OC)cc2)C2CC2)cs1. The molecule has 31 heavy (non-hydrogen) atoms. The number of nitrogens with zero attached hydrogens (tertiary/aromatic N) is 2. The van der Waals surface area contributed by atoms with E-state index in [2.05, 4.69) is 30.4 Å². The van der Waals surface area contributed by atoms with Crippen LogP contribution in [0.3, 0.4) is 0 Å². The monoisotopic (exact) mass is 435 g/mol. The van der Waals surface area contributed by atoms with Gasteiger partial charge >= 0.3 is 0 Å². The molecule has 1 amide bonds. The van der Waals surface area contributed by atoms with E-state index >= 15 is 0 Å². The van der Waals surface area contributed by atoms with Gasteiger partial charge in [-0.1, -0.05) is 37.3 Å². The number of carbonyl (C=O) groups is 1. The fourth-order valence-electron chi connectivity index (χ4n) is 3.93. The Balaban J connectivity index is 1.50. The zero-order chi connectivity index (χ0) is 21.8. The number of methoxy groups -OCH3 is 1. The van der Waals surface area contributed by atoms with E-state index in [0.717, 1.165) is 34.2 Å². The van der Waals surface area contributed by atoms with Gasteiger partial charge in [-0.2, -0.15) is 0 Å². The minimum atomic E-state index is -0.0242. The maximum atomic E-state index is 12.5. The van der Waals surface area contributed by atoms with E-state index in [9.17, 15) is 4.79 Å². The Kier molecular flexibility index (Phi) is 6.68. The van der Waals surface area contributed by atoms with Gasteiger partial charge in [0.05, 0.1) is 18.5 Å². The third kappa shape index (κ3) is 4.97. The fourth-order valence-corrected chi connectivity index (χ4v) is 4.81. The van der Waals surface area contributed by atoms with Crippen molar-refractivity contribution in [3.05, 3.63) is 70.7 Å². The predicted molar refractivity (Wildman–Crippen MR) is 126 cm³/mol. The van der Waals surface area contributed by atoms with E-state index in [1.165, 1.54) is 29.7 Å². The molecular weight excluding hydrogens is 406 g/mol. The van der Waals surface area contributed by atoms with Crippen molar-refractivity contribution in [1.82, 2.24) is 10.3 Å². The number of amides is 1. The number of aromatic nitrogens is 1. The van der Waals surface area contributed by atoms with Crippen molar-refractivity contribution in [2.24, 2.45) is 5.92 Å². The van der Waals surface area contributed by atoms with Gasteiger partial charge in [0.25, 0.3) is 0 Å². The van der Waals surface area contributed by atoms with E-state index in [1.54, 1.807) is 18.9 Å². The Bertz CT molecular complexity index is 1030. The zero-order valence-electron chi connectivity index (χ0n) is 18.3. The van der Waals surface area contributed by atoms with E-state index in [0.29, 0.717) is 18.5 Å². The molecule has 0 bridgehead atoms. The summed E-state index contributed by atoms with van der Waals surface area (Å²) in [5.74, 6) is 1.51. The summed E-state index contributed by atoms with van der Waals surface area (Å²) in [6.07, 6.45) is 3.36. The van der Waals surface area contributed by atoms with Crippen LogP contribution in [0.5, 0.6) is 5.75 Å². The number of hydrogen-bond acceptors (Lipinski definition) is 5. The summed E-state index contributed by atoms with van der Waals surface area (Å²) >= 11 is 1.51. The van der Waals surface area contributed by atoms with Gasteiger partial charge in [-0.15, -0.1) is 11.3 Å². The van der Waals surface area contributed by atoms with Gasteiger partial charge in [0.2, 0.25) is 5.91 Å². The van der Waals surface area contributed by atoms with Crippen LogP contribution in [0.1, 0.15) is 49.6 Å². The Morgan fingerprint density at radius 1 is 1.23 bits per heavy atom. The lowest BCUT2D eigenvalue weighted by Gasteiger charge is -2.21. The second-order valence-electron chi connectivity index (χ2n) is 7.93. The predicted octanol–water partition coefficient (Wildman–Crippen LogP) is 5.64. The molecule has 1 atom stereocenters. The summed E-state index contributed by atoms with van der Waals surface area (Å²) in [4.78, 5) is 19.0. The Hall–Kier alpha value is -2.70. The van der Waals surface area contributed by atoms with E-state index in [-0.39, 0.29) is 5.91 Å². The molecule has 1 N–H and O–H groups in total. The molecule has 1 fully saturated rings. The molecular formula is C25H29N3O2S. The third-order valence-electron chi connectivity index (χ3n) is 5.73. The molecule has 1 aromatic heterocycles. The number of aryl methyl sites for hydroxylation is 1. The van der Waals surface area contributed by atoms with Gasteiger partial charge < -0.3 is 10.1 Å². The summed E-state index contributed by atoms with van der Waals surface area (Å²) in [7, 11) is 1.69. The van der Waals surface area contributed by atoms with Crippen molar-refractivity contribution in [2.45, 2.75) is 45.7 Å². The van der Waals surface area contributed by atoms with Crippen molar-refractivity contribution >= 4 is 28.1 Å². The molecule has 2 aromatic carbocycles. The first-order chi connectivity index (χ1) is 15.1.